The lowest BCUT2D eigenvalue weighted by atomic mass is 9.93. The van der Waals surface area contributed by atoms with Gasteiger partial charge in [0.15, 0.2) is 0 Å². The molecule has 1 aliphatic heterocycles. The number of rotatable bonds is 0. The number of allylic oxidation sites excluding steroid dienone is 3. The first-order valence-electron chi connectivity index (χ1n) is 3.70. The highest BCUT2D eigenvalue weighted by Gasteiger charge is 2.19. The lowest BCUT2D eigenvalue weighted by Gasteiger charge is -2.24. The van der Waals surface area contributed by atoms with Crippen molar-refractivity contribution in [2.75, 3.05) is 0 Å². The van der Waals surface area contributed by atoms with Gasteiger partial charge in [-0.3, -0.25) is 0 Å². The van der Waals surface area contributed by atoms with Crippen LogP contribution in [0.25, 0.3) is 0 Å². The lowest BCUT2D eigenvalue weighted by molar-refractivity contribution is 0.799. The highest BCUT2D eigenvalue weighted by molar-refractivity contribution is 7.80. The van der Waals surface area contributed by atoms with Crippen molar-refractivity contribution in [3.63, 3.8) is 0 Å². The van der Waals surface area contributed by atoms with E-state index in [-0.39, 0.29) is 0 Å². The minimum atomic E-state index is 0.292. The molecule has 0 fully saturated rings. The van der Waals surface area contributed by atoms with Crippen molar-refractivity contribution in [3.8, 4) is 0 Å². The minimum absolute atomic E-state index is 0.292. The number of thiocarbonyl (C=S) groups is 1. The van der Waals surface area contributed by atoms with Crippen LogP contribution in [0.4, 0.5) is 0 Å². The van der Waals surface area contributed by atoms with Crippen molar-refractivity contribution < 1.29 is 0 Å². The fourth-order valence-corrected chi connectivity index (χ4v) is 1.70. The van der Waals surface area contributed by atoms with Crippen LogP contribution in [0.15, 0.2) is 36.1 Å². The molecule has 0 aromatic carbocycles. The van der Waals surface area contributed by atoms with Gasteiger partial charge in [-0.05, 0) is 30.3 Å². The second kappa shape index (κ2) is 2.62. The number of nitrogens with one attached hydrogen (secondary N) is 1. The third-order valence-electron chi connectivity index (χ3n) is 1.96. The summed E-state index contributed by atoms with van der Waals surface area (Å²) >= 11 is 5.18. The van der Waals surface area contributed by atoms with E-state index in [0.29, 0.717) is 6.04 Å². The molecule has 2 rings (SSSR count). The summed E-state index contributed by atoms with van der Waals surface area (Å²) in [5.41, 5.74) is 1.38. The van der Waals surface area contributed by atoms with Crippen LogP contribution in [0.5, 0.6) is 0 Å². The Morgan fingerprint density at radius 1 is 1.55 bits per heavy atom. The van der Waals surface area contributed by atoms with Crippen LogP contribution in [-0.2, 0) is 0 Å². The van der Waals surface area contributed by atoms with Crippen LogP contribution >= 0.6 is 12.2 Å². The van der Waals surface area contributed by atoms with Crippen molar-refractivity contribution in [2.45, 2.75) is 12.5 Å². The van der Waals surface area contributed by atoms with Gasteiger partial charge in [0, 0.05) is 4.86 Å². The molecule has 0 aromatic rings. The first-order valence-corrected chi connectivity index (χ1v) is 4.11. The third kappa shape index (κ3) is 1.14. The molecule has 56 valence electrons. The van der Waals surface area contributed by atoms with Crippen LogP contribution < -0.4 is 5.32 Å². The molecule has 2 heteroatoms. The summed E-state index contributed by atoms with van der Waals surface area (Å²) in [7, 11) is 0. The van der Waals surface area contributed by atoms with E-state index in [0.717, 1.165) is 11.3 Å². The Morgan fingerprint density at radius 2 is 2.45 bits per heavy atom. The summed E-state index contributed by atoms with van der Waals surface area (Å²) < 4.78 is 0. The predicted octanol–water partition coefficient (Wildman–Crippen LogP) is 1.73. The van der Waals surface area contributed by atoms with Gasteiger partial charge in [-0.25, -0.2) is 0 Å². The fraction of sp³-hybridized carbons (Fsp3) is 0.222. The Balaban J connectivity index is 2.34. The van der Waals surface area contributed by atoms with Gasteiger partial charge in [0.2, 0.25) is 0 Å². The van der Waals surface area contributed by atoms with Crippen molar-refractivity contribution in [1.82, 2.24) is 5.32 Å². The number of fused-ring (bicyclic) bond motifs is 1. The Bertz CT molecular complexity index is 273. The van der Waals surface area contributed by atoms with Crippen LogP contribution in [0.3, 0.4) is 0 Å². The molecule has 0 spiro atoms. The molecule has 1 heterocycles. The molecule has 11 heavy (non-hydrogen) atoms. The maximum Gasteiger partial charge on any atom is 0.0829 e. The summed E-state index contributed by atoms with van der Waals surface area (Å²) in [5.74, 6) is 0. The molecule has 2 aliphatic rings. The molecule has 0 amide bonds. The number of hydrogen-bond donors (Lipinski definition) is 1. The van der Waals surface area contributed by atoms with Gasteiger partial charge in [0.25, 0.3) is 0 Å². The average molecular weight is 163 g/mol. The van der Waals surface area contributed by atoms with Crippen molar-refractivity contribution in [1.29, 1.82) is 0 Å². The standard InChI is InChI=1S/C9H9NS/c11-8-5-1-3-7-4-2-6-10-9(7)8/h1-2,4-6,9-10H,3H2. The molecule has 1 nitrogen and oxygen atoms in total. The third-order valence-corrected chi connectivity index (χ3v) is 2.33. The molecule has 0 radical (unpaired) electrons. The van der Waals surface area contributed by atoms with Crippen LogP contribution in [0.2, 0.25) is 0 Å². The van der Waals surface area contributed by atoms with E-state index in [1.807, 2.05) is 18.4 Å². The van der Waals surface area contributed by atoms with Gasteiger partial charge in [0.05, 0.1) is 6.04 Å². The van der Waals surface area contributed by atoms with Gasteiger partial charge in [-0.1, -0.05) is 24.4 Å². The van der Waals surface area contributed by atoms with E-state index in [1.54, 1.807) is 0 Å². The van der Waals surface area contributed by atoms with Gasteiger partial charge in [-0.2, -0.15) is 0 Å². The summed E-state index contributed by atoms with van der Waals surface area (Å²) in [5, 5.41) is 3.23. The van der Waals surface area contributed by atoms with Gasteiger partial charge < -0.3 is 5.32 Å². The zero-order chi connectivity index (χ0) is 7.68. The van der Waals surface area contributed by atoms with E-state index in [2.05, 4.69) is 17.5 Å². The Morgan fingerprint density at radius 3 is 3.27 bits per heavy atom. The van der Waals surface area contributed by atoms with E-state index < -0.39 is 0 Å². The largest absolute Gasteiger partial charge is 0.380 e. The summed E-state index contributed by atoms with van der Waals surface area (Å²) in [6.45, 7) is 0. The predicted molar refractivity (Wildman–Crippen MR) is 50.5 cm³/mol. The van der Waals surface area contributed by atoms with Crippen molar-refractivity contribution in [3.05, 3.63) is 36.1 Å². The van der Waals surface area contributed by atoms with Crippen LogP contribution in [0, 0.1) is 0 Å². The molecule has 0 aromatic heterocycles. The molecule has 1 aliphatic carbocycles. The highest BCUT2D eigenvalue weighted by Crippen LogP contribution is 2.18. The first-order chi connectivity index (χ1) is 5.38. The Labute approximate surface area is 71.5 Å². The van der Waals surface area contributed by atoms with Gasteiger partial charge in [-0.15, -0.1) is 0 Å². The second-order valence-corrected chi connectivity index (χ2v) is 3.18. The van der Waals surface area contributed by atoms with Gasteiger partial charge in [0.1, 0.15) is 0 Å². The molecule has 1 unspecified atom stereocenters. The normalized spacial score (nSPS) is 27.5. The summed E-state index contributed by atoms with van der Waals surface area (Å²) in [4.78, 5) is 0.992. The zero-order valence-electron chi connectivity index (χ0n) is 6.08. The number of hydrogen-bond acceptors (Lipinski definition) is 2. The smallest absolute Gasteiger partial charge is 0.0829 e. The second-order valence-electron chi connectivity index (χ2n) is 2.71. The van der Waals surface area contributed by atoms with Crippen LogP contribution in [0.1, 0.15) is 6.42 Å². The molecular weight excluding hydrogens is 154 g/mol. The summed E-state index contributed by atoms with van der Waals surface area (Å²) in [6, 6.07) is 0.292. The van der Waals surface area contributed by atoms with E-state index in [9.17, 15) is 0 Å². The van der Waals surface area contributed by atoms with Crippen molar-refractivity contribution in [2.24, 2.45) is 0 Å². The monoisotopic (exact) mass is 163 g/mol. The topological polar surface area (TPSA) is 12.0 Å². The maximum atomic E-state index is 5.18. The molecule has 0 saturated heterocycles. The quantitative estimate of drug-likeness (QED) is 0.546. The molecule has 1 atom stereocenters. The van der Waals surface area contributed by atoms with E-state index >= 15 is 0 Å². The highest BCUT2D eigenvalue weighted by atomic mass is 32.1. The summed E-state index contributed by atoms with van der Waals surface area (Å²) in [6.07, 6.45) is 11.3. The van der Waals surface area contributed by atoms with E-state index in [1.165, 1.54) is 5.57 Å². The maximum absolute atomic E-state index is 5.18. The van der Waals surface area contributed by atoms with Gasteiger partial charge >= 0.3 is 0 Å². The zero-order valence-corrected chi connectivity index (χ0v) is 6.90. The van der Waals surface area contributed by atoms with Crippen molar-refractivity contribution >= 4 is 17.1 Å². The molecule has 0 saturated carbocycles. The Hall–Kier alpha value is -0.890. The van der Waals surface area contributed by atoms with Crippen LogP contribution in [-0.4, -0.2) is 10.9 Å². The molecule has 1 N–H and O–H groups in total. The molecular formula is C9H9NS. The van der Waals surface area contributed by atoms with E-state index in [4.69, 9.17) is 12.2 Å². The Kier molecular flexibility index (Phi) is 1.62. The SMILES string of the molecule is S=C1C=CCC2=CC=CNC12. The first kappa shape index (κ1) is 6.80. The molecule has 0 bridgehead atoms. The lowest BCUT2D eigenvalue weighted by Crippen LogP contribution is -2.36. The minimum Gasteiger partial charge on any atom is -0.380 e. The average Bonchev–Trinajstić information content (AvgIpc) is 2.06. The number of dihydropyridines is 1. The fourth-order valence-electron chi connectivity index (χ4n) is 1.38.